The number of aromatic nitrogens is 10. The van der Waals surface area contributed by atoms with E-state index in [0.717, 1.165) is 0 Å². The lowest BCUT2D eigenvalue weighted by Gasteiger charge is -2.22. The predicted molar refractivity (Wildman–Crippen MR) is 482 cm³/mol. The summed E-state index contributed by atoms with van der Waals surface area (Å²) in [5, 5.41) is 38.2. The van der Waals surface area contributed by atoms with Crippen LogP contribution in [0.2, 0.25) is 0 Å². The lowest BCUT2D eigenvalue weighted by atomic mass is 9.93. The van der Waals surface area contributed by atoms with Crippen LogP contribution >= 0.6 is 0 Å². The highest BCUT2D eigenvalue weighted by atomic mass is 19.1. The Kier molecular flexibility index (Phi) is 37.9. The second-order valence-electron chi connectivity index (χ2n) is 30.8. The molecule has 10 rings (SSSR count). The number of benzene rings is 3. The number of imidazole rings is 3. The van der Waals surface area contributed by atoms with Crippen LogP contribution in [0.4, 0.5) is 33.1 Å². The Morgan fingerprint density at radius 3 is 1.35 bits per heavy atom. The van der Waals surface area contributed by atoms with Crippen molar-refractivity contribution in [3.8, 4) is 28.4 Å². The number of nitrogens with one attached hydrogen (secondary N) is 11. The minimum absolute atomic E-state index is 0.0208. The number of fused-ring (bicyclic) bond motifs is 1. The van der Waals surface area contributed by atoms with Crippen LogP contribution in [0.15, 0.2) is 121 Å². The summed E-state index contributed by atoms with van der Waals surface area (Å²) in [6.07, 6.45) is 10.3. The maximum atomic E-state index is 14.3. The molecule has 0 saturated heterocycles. The third-order valence-corrected chi connectivity index (χ3v) is 19.9. The van der Waals surface area contributed by atoms with Crippen molar-refractivity contribution in [3.05, 3.63) is 184 Å². The van der Waals surface area contributed by atoms with E-state index >= 15 is 0 Å². The zero-order valence-corrected chi connectivity index (χ0v) is 75.3. The van der Waals surface area contributed by atoms with Crippen LogP contribution in [0.25, 0.3) is 22.0 Å². The zero-order valence-electron chi connectivity index (χ0n) is 75.3. The normalized spacial score (nSPS) is 11.3. The van der Waals surface area contributed by atoms with Crippen LogP contribution in [0, 0.1) is 19.7 Å². The second kappa shape index (κ2) is 49.8. The standard InChI is InChI=1S/C89H113FN20O22/c1-56-45-59(90)46-57(2)78(56)132-70-16-11-58(89(3,4)122)47-64(70)66-53-110(10)88(121)77-65(66)50-67(100-77)82(115)97-60-12-14-63(15-13-60)131-44-43-130-42-41-129-40-39-128-38-37-127-36-35-126-34-33-125-32-31-124-30-29-123-28-26-92-74(112)17-21-91-73(111)18-22-96-85(118)80-103-71(54-108(80)8)101-75(113)19-23-95-84(117)69-49-62(52-107(69)7)99-87(120)81-104-72(55-109(81)9)102-76(114)20-24-94-83(116)68-48-61(51-106(68)6)98-86(119)79-93-25-27-105(79)5/h11-16,25,27,45-55,100,122H,17-24,26,28-44H2,1-10H3,(H,91,111)(H,92,112)(H,94,116)(H,95,117)(H,96,118)(H,97,115)(H,98,119)(H,99,120)(H,101,113)(H,102,114). The summed E-state index contributed by atoms with van der Waals surface area (Å²) in [5.41, 5.74) is 3.10. The quantitative estimate of drug-likeness (QED) is 0.0212. The molecule has 42 nitrogen and oxygen atoms in total. The van der Waals surface area contributed by atoms with E-state index in [-0.39, 0.29) is 146 Å². The molecule has 3 aromatic carbocycles. The van der Waals surface area contributed by atoms with Gasteiger partial charge in [0, 0.05) is 166 Å². The number of aryl methyl sites for hydroxylation is 8. The molecule has 0 bridgehead atoms. The molecule has 0 aliphatic heterocycles. The van der Waals surface area contributed by atoms with Gasteiger partial charge in [-0.2, -0.15) is 0 Å². The molecule has 12 N–H and O–H groups in total. The van der Waals surface area contributed by atoms with Gasteiger partial charge in [-0.05, 0) is 111 Å². The molecule has 0 atom stereocenters. The monoisotopic (exact) mass is 1830 g/mol. The number of pyridine rings is 1. The molecule has 0 spiro atoms. The minimum atomic E-state index is -1.23. The fourth-order valence-electron chi connectivity index (χ4n) is 13.2. The van der Waals surface area contributed by atoms with Crippen molar-refractivity contribution < 1.29 is 105 Å². The van der Waals surface area contributed by atoms with Crippen molar-refractivity contribution in [2.45, 2.75) is 59.0 Å². The van der Waals surface area contributed by atoms with Crippen molar-refractivity contribution in [3.63, 3.8) is 0 Å². The highest BCUT2D eigenvalue weighted by Crippen LogP contribution is 2.41. The third kappa shape index (κ3) is 30.7. The van der Waals surface area contributed by atoms with Crippen LogP contribution in [-0.2, 0) is 105 Å². The number of aliphatic hydroxyl groups is 1. The molecular formula is C89H113FN20O22. The maximum absolute atomic E-state index is 14.3. The van der Waals surface area contributed by atoms with Crippen LogP contribution in [0.1, 0.15) is 120 Å². The van der Waals surface area contributed by atoms with Gasteiger partial charge in [-0.25, -0.2) is 19.3 Å². The Balaban J connectivity index is 0.466. The van der Waals surface area contributed by atoms with E-state index in [1.165, 1.54) is 71.9 Å². The average molecular weight is 1830 g/mol. The number of aromatic amines is 1. The molecule has 0 unspecified atom stereocenters. The number of ether oxygens (including phenoxy) is 10. The summed E-state index contributed by atoms with van der Waals surface area (Å²) in [5.74, 6) is -3.67. The van der Waals surface area contributed by atoms with Crippen molar-refractivity contribution in [1.82, 2.24) is 73.9 Å². The van der Waals surface area contributed by atoms with E-state index in [2.05, 4.69) is 73.1 Å². The first kappa shape index (κ1) is 100. The van der Waals surface area contributed by atoms with E-state index in [9.17, 15) is 62.2 Å². The third-order valence-electron chi connectivity index (χ3n) is 19.9. The number of anilines is 5. The summed E-state index contributed by atoms with van der Waals surface area (Å²) in [4.78, 5) is 158. The molecule has 10 aromatic rings. The van der Waals surface area contributed by atoms with Crippen LogP contribution < -0.4 is 68.2 Å². The van der Waals surface area contributed by atoms with Gasteiger partial charge in [0.05, 0.1) is 123 Å². The molecule has 132 heavy (non-hydrogen) atoms. The number of nitrogens with zero attached hydrogens (tertiary/aromatic N) is 9. The van der Waals surface area contributed by atoms with Crippen LogP contribution in [-0.4, -0.2) is 257 Å². The van der Waals surface area contributed by atoms with E-state index < -0.39 is 58.8 Å². The van der Waals surface area contributed by atoms with E-state index in [0.29, 0.717) is 161 Å². The molecule has 0 aliphatic carbocycles. The first-order chi connectivity index (χ1) is 63.3. The van der Waals surface area contributed by atoms with Crippen molar-refractivity contribution in [2.24, 2.45) is 42.3 Å². The largest absolute Gasteiger partial charge is 0.491 e. The molecule has 0 aliphatic rings. The topological polar surface area (TPSA) is 505 Å². The molecule has 43 heteroatoms. The average Bonchev–Trinajstić information content (AvgIpc) is 1.58. The molecule has 7 heterocycles. The van der Waals surface area contributed by atoms with Gasteiger partial charge < -0.3 is 138 Å². The first-order valence-corrected chi connectivity index (χ1v) is 42.5. The smallest absolute Gasteiger partial charge is 0.291 e. The Labute approximate surface area is 758 Å². The van der Waals surface area contributed by atoms with Gasteiger partial charge >= 0.3 is 0 Å². The number of carbonyl (C=O) groups is 10. The van der Waals surface area contributed by atoms with Crippen molar-refractivity contribution in [1.29, 1.82) is 0 Å². The van der Waals surface area contributed by atoms with Gasteiger partial charge in [0.2, 0.25) is 35.3 Å². The Morgan fingerprint density at radius 2 is 0.864 bits per heavy atom. The SMILES string of the molecule is Cc1cc(F)cc(C)c1Oc1ccc(C(C)(C)O)cc1-c1cn(C)c(=O)c2[nH]c(C(=O)Nc3ccc(OCCOCCOCCOCCOCCOCCOCCOCCOCCNC(=O)CCNC(=O)CCNC(=O)c4nc(NC(=O)CCNC(=O)c5cc(NC(=O)c6nc(NC(=O)CCNC(=O)c7cc(NC(=O)c8nccn8C)cn7C)cn6C)cn5C)cn4C)cc3)cc12. The Morgan fingerprint density at radius 1 is 0.424 bits per heavy atom. The molecule has 0 saturated carbocycles. The number of hydrogen-bond donors (Lipinski definition) is 12. The van der Waals surface area contributed by atoms with Crippen molar-refractivity contribution >= 4 is 98.7 Å². The van der Waals surface area contributed by atoms with E-state index in [1.807, 2.05) is 0 Å². The lowest BCUT2D eigenvalue weighted by molar-refractivity contribution is -0.122. The van der Waals surface area contributed by atoms with Gasteiger partial charge in [-0.15, -0.1) is 0 Å². The molecular weight excluding hydrogens is 1720 g/mol. The highest BCUT2D eigenvalue weighted by molar-refractivity contribution is 6.09. The van der Waals surface area contributed by atoms with Gasteiger partial charge in [0.15, 0.2) is 17.5 Å². The van der Waals surface area contributed by atoms with Crippen LogP contribution in [0.3, 0.4) is 0 Å². The Hall–Kier alpha value is -13.8. The number of halogens is 1. The summed E-state index contributed by atoms with van der Waals surface area (Å²) in [7, 11) is 9.60. The summed E-state index contributed by atoms with van der Waals surface area (Å²) >= 11 is 0. The number of rotatable bonds is 55. The number of carbonyl (C=O) groups excluding carboxylic acids is 10. The van der Waals surface area contributed by atoms with Gasteiger partial charge in [0.1, 0.15) is 52.3 Å². The second-order valence-corrected chi connectivity index (χ2v) is 30.8. The maximum Gasteiger partial charge on any atom is 0.291 e. The molecule has 7 aromatic heterocycles. The predicted octanol–water partition coefficient (Wildman–Crippen LogP) is 5.42. The molecule has 10 amide bonds. The van der Waals surface area contributed by atoms with Gasteiger partial charge in [-0.3, -0.25) is 52.7 Å². The van der Waals surface area contributed by atoms with Crippen LogP contribution in [0.5, 0.6) is 17.2 Å². The summed E-state index contributed by atoms with van der Waals surface area (Å²) < 4.78 is 79.8. The summed E-state index contributed by atoms with van der Waals surface area (Å²) in [6.45, 7) is 13.1. The van der Waals surface area contributed by atoms with Gasteiger partial charge in [-0.1, -0.05) is 6.07 Å². The molecule has 708 valence electrons. The van der Waals surface area contributed by atoms with Gasteiger partial charge in [0.25, 0.3) is 41.0 Å². The Bertz CT molecular complexity index is 5680. The lowest BCUT2D eigenvalue weighted by Crippen LogP contribution is -2.34. The zero-order chi connectivity index (χ0) is 94.8. The first-order valence-electron chi connectivity index (χ1n) is 42.5. The molecule has 0 fully saturated rings. The van der Waals surface area contributed by atoms with E-state index in [4.69, 9.17) is 47.4 Å². The summed E-state index contributed by atoms with van der Waals surface area (Å²) in [6, 6.07) is 19.4. The number of hydrogen-bond acceptors (Lipinski definition) is 25. The minimum Gasteiger partial charge on any atom is -0.491 e. The van der Waals surface area contributed by atoms with E-state index in [1.54, 1.807) is 142 Å². The number of amides is 10. The number of H-pyrrole nitrogens is 1. The highest BCUT2D eigenvalue weighted by Gasteiger charge is 2.27. The van der Waals surface area contributed by atoms with Crippen molar-refractivity contribution in [2.75, 3.05) is 172 Å². The fraction of sp³-hybridized carbons (Fsp3) is 0.416. The molecule has 0 radical (unpaired) electrons. The fourth-order valence-corrected chi connectivity index (χ4v) is 13.2.